The van der Waals surface area contributed by atoms with Crippen LogP contribution in [0.2, 0.25) is 0 Å². The van der Waals surface area contributed by atoms with Gasteiger partial charge in [-0.3, -0.25) is 9.48 Å². The smallest absolute Gasteiger partial charge is 0.157 e. The molecule has 0 amide bonds. The van der Waals surface area contributed by atoms with Gasteiger partial charge in [-0.2, -0.15) is 10.4 Å². The summed E-state index contributed by atoms with van der Waals surface area (Å²) in [4.78, 5) is 13.6. The minimum absolute atomic E-state index is 0.115. The van der Waals surface area contributed by atoms with Gasteiger partial charge in [0.1, 0.15) is 6.07 Å². The van der Waals surface area contributed by atoms with Crippen molar-refractivity contribution in [3.8, 4) is 6.07 Å². The number of aromatic nitrogens is 2. The van der Waals surface area contributed by atoms with Crippen LogP contribution in [0.4, 0.5) is 0 Å². The van der Waals surface area contributed by atoms with Gasteiger partial charge in [-0.15, -0.1) is 0 Å². The molecule has 5 aliphatic carbocycles. The van der Waals surface area contributed by atoms with E-state index in [-0.39, 0.29) is 11.3 Å². The number of Topliss-reactive ketones (excluding diaryl/α,β-unsaturated/α-hetero) is 1. The number of carbonyl (C=O) groups excluding carboxylic acids is 1. The molecule has 5 nitrogen and oxygen atoms in total. The molecule has 1 aromatic heterocycles. The average molecular weight is 450 g/mol. The number of ketones is 1. The largest absolute Gasteiger partial charge is 0.390 e. The number of aliphatic hydroxyl groups is 1. The molecule has 0 spiro atoms. The van der Waals surface area contributed by atoms with Crippen molar-refractivity contribution in [1.29, 1.82) is 5.26 Å². The lowest BCUT2D eigenvalue weighted by Crippen LogP contribution is -2.52. The Hall–Kier alpha value is -1.67. The van der Waals surface area contributed by atoms with Crippen molar-refractivity contribution < 1.29 is 9.90 Å². The Morgan fingerprint density at radius 3 is 2.58 bits per heavy atom. The molecule has 5 aliphatic rings. The first-order valence-corrected chi connectivity index (χ1v) is 13.5. The molecule has 1 aromatic rings. The van der Waals surface area contributed by atoms with Crippen LogP contribution < -0.4 is 0 Å². The van der Waals surface area contributed by atoms with E-state index in [9.17, 15) is 9.90 Å². The normalized spacial score (nSPS) is 46.7. The molecule has 1 N–H and O–H groups in total. The van der Waals surface area contributed by atoms with Crippen molar-refractivity contribution in [3.63, 3.8) is 0 Å². The predicted octanol–water partition coefficient (Wildman–Crippen LogP) is 4.98. The molecule has 6 rings (SSSR count). The fraction of sp³-hybridized carbons (Fsp3) is 0.821. The van der Waals surface area contributed by atoms with Gasteiger partial charge in [0.2, 0.25) is 0 Å². The highest BCUT2D eigenvalue weighted by Crippen LogP contribution is 2.69. The second-order valence-corrected chi connectivity index (χ2v) is 12.9. The van der Waals surface area contributed by atoms with Crippen molar-refractivity contribution in [2.24, 2.45) is 52.8 Å². The number of hydrogen-bond donors (Lipinski definition) is 1. The van der Waals surface area contributed by atoms with Crippen LogP contribution in [0.5, 0.6) is 0 Å². The second-order valence-electron chi connectivity index (χ2n) is 12.9. The number of nitrogens with zero attached hydrogens (tertiary/aromatic N) is 3. The molecule has 178 valence electrons. The SMILES string of the molecule is C[C@@]1(O)CC[C@H]2[C@H](CC[C@@H]3[C@@H]2CC[C@@]2(C)[C@H]3[C@H](C3CC3)C[C@@H]2C(=O)Cn2cc(C#N)cn2)C1. The third-order valence-electron chi connectivity index (χ3n) is 11.0. The monoisotopic (exact) mass is 449 g/mol. The Bertz CT molecular complexity index is 972. The Morgan fingerprint density at radius 2 is 1.85 bits per heavy atom. The lowest BCUT2D eigenvalue weighted by atomic mass is 9.48. The molecule has 5 saturated carbocycles. The van der Waals surface area contributed by atoms with E-state index in [0.29, 0.717) is 35.6 Å². The van der Waals surface area contributed by atoms with Crippen molar-refractivity contribution in [2.75, 3.05) is 0 Å². The fourth-order valence-corrected chi connectivity index (χ4v) is 9.54. The van der Waals surface area contributed by atoms with Crippen molar-refractivity contribution in [3.05, 3.63) is 18.0 Å². The van der Waals surface area contributed by atoms with E-state index in [2.05, 4.69) is 18.1 Å². The van der Waals surface area contributed by atoms with E-state index in [1.807, 2.05) is 6.92 Å². The standard InChI is InChI=1S/C28H39N3O2/c1-27(33)9-7-20-19(12-27)5-6-22-21(20)8-10-28(2)24(11-23(26(22)28)18-3-4-18)25(32)16-31-15-17(13-29)14-30-31/h14-15,18-24,26,33H,3-12,16H2,1-2H3/t19-,20+,21-,22-,23+,24-,26-,27-,28-/m1/s1. The summed E-state index contributed by atoms with van der Waals surface area (Å²) in [5, 5.41) is 24.1. The highest BCUT2D eigenvalue weighted by molar-refractivity contribution is 5.82. The lowest BCUT2D eigenvalue weighted by molar-refractivity contribution is -0.134. The molecule has 0 saturated heterocycles. The first-order valence-electron chi connectivity index (χ1n) is 13.5. The van der Waals surface area contributed by atoms with E-state index < -0.39 is 5.60 Å². The predicted molar refractivity (Wildman–Crippen MR) is 125 cm³/mol. The fourth-order valence-electron chi connectivity index (χ4n) is 9.54. The number of fused-ring (bicyclic) bond motifs is 5. The Balaban J connectivity index is 1.25. The molecule has 0 bridgehead atoms. The summed E-state index contributed by atoms with van der Waals surface area (Å²) < 4.78 is 1.68. The molecule has 0 aromatic carbocycles. The summed E-state index contributed by atoms with van der Waals surface area (Å²) >= 11 is 0. The van der Waals surface area contributed by atoms with Gasteiger partial charge in [0.05, 0.1) is 23.9 Å². The van der Waals surface area contributed by atoms with Crippen LogP contribution in [0, 0.1) is 64.1 Å². The molecule has 1 heterocycles. The molecule has 33 heavy (non-hydrogen) atoms. The minimum Gasteiger partial charge on any atom is -0.390 e. The van der Waals surface area contributed by atoms with Crippen LogP contribution >= 0.6 is 0 Å². The van der Waals surface area contributed by atoms with Crippen LogP contribution in [0.15, 0.2) is 12.4 Å². The van der Waals surface area contributed by atoms with Gasteiger partial charge in [-0.05, 0) is 118 Å². The molecule has 9 atom stereocenters. The van der Waals surface area contributed by atoms with E-state index in [0.717, 1.165) is 42.9 Å². The Kier molecular flexibility index (Phi) is 5.07. The van der Waals surface area contributed by atoms with Gasteiger partial charge in [0.25, 0.3) is 0 Å². The number of rotatable bonds is 4. The third-order valence-corrected chi connectivity index (χ3v) is 11.0. The second kappa shape index (κ2) is 7.67. The highest BCUT2D eigenvalue weighted by Gasteiger charge is 2.63. The summed E-state index contributed by atoms with van der Waals surface area (Å²) in [6.07, 6.45) is 15.2. The Morgan fingerprint density at radius 1 is 1.09 bits per heavy atom. The number of nitriles is 1. The van der Waals surface area contributed by atoms with Gasteiger partial charge in [-0.25, -0.2) is 0 Å². The zero-order valence-corrected chi connectivity index (χ0v) is 20.2. The van der Waals surface area contributed by atoms with E-state index in [4.69, 9.17) is 5.26 Å². The summed E-state index contributed by atoms with van der Waals surface area (Å²) in [6.45, 7) is 4.81. The summed E-state index contributed by atoms with van der Waals surface area (Å²) in [6, 6.07) is 2.12. The molecule has 5 fully saturated rings. The Labute approximate surface area is 197 Å². The van der Waals surface area contributed by atoms with E-state index in [1.165, 1.54) is 44.9 Å². The summed E-state index contributed by atoms with van der Waals surface area (Å²) in [5.41, 5.74) is 0.179. The zero-order valence-electron chi connectivity index (χ0n) is 20.2. The van der Waals surface area contributed by atoms with Crippen molar-refractivity contribution >= 4 is 5.78 Å². The molecule has 0 radical (unpaired) electrons. The molecular formula is C28H39N3O2. The van der Waals surface area contributed by atoms with E-state index >= 15 is 0 Å². The van der Waals surface area contributed by atoms with Crippen molar-refractivity contribution in [1.82, 2.24) is 9.78 Å². The molecule has 0 aliphatic heterocycles. The summed E-state index contributed by atoms with van der Waals surface area (Å²) in [7, 11) is 0. The van der Waals surface area contributed by atoms with E-state index in [1.54, 1.807) is 17.1 Å². The van der Waals surface area contributed by atoms with Gasteiger partial charge in [-0.1, -0.05) is 6.92 Å². The van der Waals surface area contributed by atoms with Crippen LogP contribution in [0.1, 0.15) is 83.6 Å². The maximum Gasteiger partial charge on any atom is 0.157 e. The minimum atomic E-state index is -0.462. The molecular weight excluding hydrogens is 410 g/mol. The first-order chi connectivity index (χ1) is 15.8. The van der Waals surface area contributed by atoms with Crippen LogP contribution in [-0.4, -0.2) is 26.3 Å². The third kappa shape index (κ3) is 3.59. The maximum absolute atomic E-state index is 13.6. The number of hydrogen-bond acceptors (Lipinski definition) is 4. The average Bonchev–Trinajstić information content (AvgIpc) is 3.43. The zero-order chi connectivity index (χ0) is 23.0. The summed E-state index contributed by atoms with van der Waals surface area (Å²) in [5.74, 6) is 5.77. The van der Waals surface area contributed by atoms with Gasteiger partial charge in [0, 0.05) is 12.1 Å². The van der Waals surface area contributed by atoms with Crippen LogP contribution in [0.25, 0.3) is 0 Å². The van der Waals surface area contributed by atoms with Gasteiger partial charge < -0.3 is 5.11 Å². The van der Waals surface area contributed by atoms with Crippen LogP contribution in [-0.2, 0) is 11.3 Å². The molecule has 5 heteroatoms. The van der Waals surface area contributed by atoms with Crippen molar-refractivity contribution in [2.45, 2.75) is 90.2 Å². The van der Waals surface area contributed by atoms with Gasteiger partial charge in [0.15, 0.2) is 5.78 Å². The lowest BCUT2D eigenvalue weighted by Gasteiger charge is -2.57. The topological polar surface area (TPSA) is 78.9 Å². The maximum atomic E-state index is 13.6. The van der Waals surface area contributed by atoms with Crippen LogP contribution in [0.3, 0.4) is 0 Å². The highest BCUT2D eigenvalue weighted by atomic mass is 16.3. The first kappa shape index (κ1) is 21.8. The number of carbonyl (C=O) groups is 1. The van der Waals surface area contributed by atoms with Gasteiger partial charge >= 0.3 is 0 Å². The quantitative estimate of drug-likeness (QED) is 0.703. The molecule has 0 unspecified atom stereocenters.